The lowest BCUT2D eigenvalue weighted by molar-refractivity contribution is 0.0532. The highest BCUT2D eigenvalue weighted by atomic mass is 16.6. The summed E-state index contributed by atoms with van der Waals surface area (Å²) in [6.45, 7) is 6.01. The molecule has 3 N–H and O–H groups in total. The van der Waals surface area contributed by atoms with Gasteiger partial charge in [0, 0.05) is 12.6 Å². The van der Waals surface area contributed by atoms with Crippen molar-refractivity contribution in [3.63, 3.8) is 0 Å². The van der Waals surface area contributed by atoms with Crippen molar-refractivity contribution in [2.24, 2.45) is 5.73 Å². The van der Waals surface area contributed by atoms with Crippen LogP contribution in [0.2, 0.25) is 0 Å². The zero-order chi connectivity index (χ0) is 12.2. The minimum absolute atomic E-state index is 0.0560. The molecule has 0 fully saturated rings. The Kier molecular flexibility index (Phi) is 4.12. The molecule has 1 amide bonds. The van der Waals surface area contributed by atoms with Crippen LogP contribution in [-0.4, -0.2) is 24.3 Å². The zero-order valence-electron chi connectivity index (χ0n) is 10.1. The van der Waals surface area contributed by atoms with Crippen LogP contribution in [0.25, 0.3) is 0 Å². The first-order valence-electron chi connectivity index (χ1n) is 5.45. The molecule has 1 aliphatic carbocycles. The van der Waals surface area contributed by atoms with Gasteiger partial charge in [0.2, 0.25) is 0 Å². The Balaban J connectivity index is 2.32. The van der Waals surface area contributed by atoms with E-state index in [0.29, 0.717) is 6.54 Å². The fourth-order valence-electron chi connectivity index (χ4n) is 1.40. The number of ether oxygens (including phenoxy) is 1. The van der Waals surface area contributed by atoms with E-state index in [2.05, 4.69) is 5.32 Å². The van der Waals surface area contributed by atoms with Crippen molar-refractivity contribution in [1.82, 2.24) is 5.32 Å². The van der Waals surface area contributed by atoms with Crippen LogP contribution in [0.3, 0.4) is 0 Å². The van der Waals surface area contributed by atoms with Crippen LogP contribution in [0.4, 0.5) is 4.79 Å². The number of carbonyl (C=O) groups is 1. The van der Waals surface area contributed by atoms with E-state index in [1.165, 1.54) is 0 Å². The van der Waals surface area contributed by atoms with E-state index in [9.17, 15) is 4.79 Å². The molecular formula is C12H20N2O2. The highest BCUT2D eigenvalue weighted by molar-refractivity contribution is 5.68. The van der Waals surface area contributed by atoms with Gasteiger partial charge in [0.25, 0.3) is 0 Å². The van der Waals surface area contributed by atoms with Gasteiger partial charge in [-0.2, -0.15) is 0 Å². The van der Waals surface area contributed by atoms with Crippen molar-refractivity contribution < 1.29 is 9.53 Å². The minimum Gasteiger partial charge on any atom is -0.444 e. The van der Waals surface area contributed by atoms with E-state index in [0.717, 1.165) is 12.0 Å². The second kappa shape index (κ2) is 5.16. The van der Waals surface area contributed by atoms with Gasteiger partial charge in [-0.1, -0.05) is 18.2 Å². The first-order valence-corrected chi connectivity index (χ1v) is 5.45. The van der Waals surface area contributed by atoms with Crippen molar-refractivity contribution in [2.75, 3.05) is 6.54 Å². The molecule has 90 valence electrons. The third kappa shape index (κ3) is 4.98. The van der Waals surface area contributed by atoms with Gasteiger partial charge >= 0.3 is 6.09 Å². The van der Waals surface area contributed by atoms with Gasteiger partial charge in [-0.15, -0.1) is 0 Å². The van der Waals surface area contributed by atoms with Gasteiger partial charge in [0.05, 0.1) is 0 Å². The average molecular weight is 224 g/mol. The molecule has 0 aromatic heterocycles. The quantitative estimate of drug-likeness (QED) is 0.750. The fraction of sp³-hybridized carbons (Fsp3) is 0.583. The average Bonchev–Trinajstić information content (AvgIpc) is 2.12. The Morgan fingerprint density at radius 2 is 2.31 bits per heavy atom. The van der Waals surface area contributed by atoms with E-state index in [1.54, 1.807) is 0 Å². The molecule has 4 nitrogen and oxygen atoms in total. The number of allylic oxidation sites excluding steroid dienone is 2. The maximum atomic E-state index is 11.4. The second-order valence-electron chi connectivity index (χ2n) is 4.93. The van der Waals surface area contributed by atoms with Crippen LogP contribution in [0.1, 0.15) is 27.2 Å². The van der Waals surface area contributed by atoms with Gasteiger partial charge in [0.1, 0.15) is 5.60 Å². The molecule has 0 spiro atoms. The van der Waals surface area contributed by atoms with Gasteiger partial charge < -0.3 is 15.8 Å². The molecule has 1 atom stereocenters. The predicted octanol–water partition coefficient (Wildman–Crippen LogP) is 1.72. The molecule has 1 aliphatic rings. The van der Waals surface area contributed by atoms with E-state index in [1.807, 2.05) is 39.0 Å². The summed E-state index contributed by atoms with van der Waals surface area (Å²) in [4.78, 5) is 11.4. The number of carbonyl (C=O) groups excluding carboxylic acids is 1. The molecule has 0 aromatic carbocycles. The molecule has 0 radical (unpaired) electrons. The number of hydrogen-bond donors (Lipinski definition) is 2. The van der Waals surface area contributed by atoms with Gasteiger partial charge in [-0.3, -0.25) is 0 Å². The molecule has 16 heavy (non-hydrogen) atoms. The Morgan fingerprint density at radius 1 is 1.62 bits per heavy atom. The van der Waals surface area contributed by atoms with Crippen LogP contribution < -0.4 is 11.1 Å². The van der Waals surface area contributed by atoms with Gasteiger partial charge in [-0.25, -0.2) is 4.79 Å². The first kappa shape index (κ1) is 12.8. The molecule has 1 rings (SSSR count). The Morgan fingerprint density at radius 3 is 2.88 bits per heavy atom. The fourth-order valence-corrected chi connectivity index (χ4v) is 1.40. The van der Waals surface area contributed by atoms with Crippen LogP contribution in [0.5, 0.6) is 0 Å². The molecule has 0 heterocycles. The molecular weight excluding hydrogens is 204 g/mol. The summed E-state index contributed by atoms with van der Waals surface area (Å²) in [6.07, 6.45) is 6.22. The summed E-state index contributed by atoms with van der Waals surface area (Å²) in [7, 11) is 0. The SMILES string of the molecule is CC(C)(C)OC(=O)NCC1=CC=CC(N)C1. The number of hydrogen-bond acceptors (Lipinski definition) is 3. The van der Waals surface area contributed by atoms with Crippen molar-refractivity contribution in [1.29, 1.82) is 0 Å². The lowest BCUT2D eigenvalue weighted by Gasteiger charge is -2.21. The minimum atomic E-state index is -0.457. The standard InChI is InChI=1S/C12H20N2O2/c1-12(2,3)16-11(15)14-8-9-5-4-6-10(13)7-9/h4-6,10H,7-8,13H2,1-3H3,(H,14,15). The lowest BCUT2D eigenvalue weighted by atomic mass is 10.0. The number of nitrogens with one attached hydrogen (secondary N) is 1. The lowest BCUT2D eigenvalue weighted by Crippen LogP contribution is -2.34. The van der Waals surface area contributed by atoms with Crippen molar-refractivity contribution in [2.45, 2.75) is 38.8 Å². The van der Waals surface area contributed by atoms with Crippen molar-refractivity contribution in [3.05, 3.63) is 23.8 Å². The topological polar surface area (TPSA) is 64.3 Å². The molecule has 0 saturated carbocycles. The number of alkyl carbamates (subject to hydrolysis) is 1. The Bertz CT molecular complexity index is 313. The number of nitrogens with two attached hydrogens (primary N) is 1. The number of rotatable bonds is 2. The van der Waals surface area contributed by atoms with Crippen LogP contribution in [0, 0.1) is 0 Å². The highest BCUT2D eigenvalue weighted by Gasteiger charge is 2.16. The van der Waals surface area contributed by atoms with Crippen LogP contribution in [-0.2, 0) is 4.74 Å². The Hall–Kier alpha value is -1.29. The summed E-state index contributed by atoms with van der Waals surface area (Å²) in [5.41, 5.74) is 6.42. The summed E-state index contributed by atoms with van der Waals surface area (Å²) in [5.74, 6) is 0. The highest BCUT2D eigenvalue weighted by Crippen LogP contribution is 2.11. The molecule has 4 heteroatoms. The van der Waals surface area contributed by atoms with E-state index < -0.39 is 11.7 Å². The maximum absolute atomic E-state index is 11.4. The van der Waals surface area contributed by atoms with Crippen molar-refractivity contribution >= 4 is 6.09 Å². The third-order valence-electron chi connectivity index (χ3n) is 2.05. The van der Waals surface area contributed by atoms with Crippen LogP contribution in [0.15, 0.2) is 23.8 Å². The third-order valence-corrected chi connectivity index (χ3v) is 2.05. The summed E-state index contributed by atoms with van der Waals surface area (Å²) in [6, 6.07) is 0.0560. The van der Waals surface area contributed by atoms with Crippen molar-refractivity contribution in [3.8, 4) is 0 Å². The second-order valence-corrected chi connectivity index (χ2v) is 4.93. The zero-order valence-corrected chi connectivity index (χ0v) is 10.1. The first-order chi connectivity index (χ1) is 7.37. The summed E-state index contributed by atoms with van der Waals surface area (Å²) >= 11 is 0. The van der Waals surface area contributed by atoms with Crippen LogP contribution >= 0.6 is 0 Å². The van der Waals surface area contributed by atoms with E-state index in [4.69, 9.17) is 10.5 Å². The molecule has 0 saturated heterocycles. The van der Waals surface area contributed by atoms with E-state index in [-0.39, 0.29) is 6.04 Å². The smallest absolute Gasteiger partial charge is 0.407 e. The normalized spacial score (nSPS) is 20.2. The monoisotopic (exact) mass is 224 g/mol. The summed E-state index contributed by atoms with van der Waals surface area (Å²) < 4.78 is 5.13. The predicted molar refractivity (Wildman–Crippen MR) is 64.1 cm³/mol. The van der Waals surface area contributed by atoms with Gasteiger partial charge in [0.15, 0.2) is 0 Å². The Labute approximate surface area is 96.5 Å². The number of amides is 1. The molecule has 0 aliphatic heterocycles. The van der Waals surface area contributed by atoms with Gasteiger partial charge in [-0.05, 0) is 32.8 Å². The molecule has 0 aromatic rings. The molecule has 0 bridgehead atoms. The summed E-state index contributed by atoms with van der Waals surface area (Å²) in [5, 5.41) is 2.71. The largest absolute Gasteiger partial charge is 0.444 e. The van der Waals surface area contributed by atoms with E-state index >= 15 is 0 Å². The molecule has 1 unspecified atom stereocenters. The maximum Gasteiger partial charge on any atom is 0.407 e.